The van der Waals surface area contributed by atoms with Crippen molar-refractivity contribution in [2.45, 2.75) is 13.8 Å². The van der Waals surface area contributed by atoms with Gasteiger partial charge in [-0.1, -0.05) is 61.6 Å². The van der Waals surface area contributed by atoms with E-state index < -0.39 is 12.1 Å². The van der Waals surface area contributed by atoms with Crippen LogP contribution < -0.4 is 77.8 Å². The van der Waals surface area contributed by atoms with Crippen LogP contribution in [0.2, 0.25) is 0 Å². The van der Waals surface area contributed by atoms with Crippen LogP contribution in [0.3, 0.4) is 0 Å². The first-order chi connectivity index (χ1) is 15.2. The predicted molar refractivity (Wildman–Crippen MR) is 139 cm³/mol. The third kappa shape index (κ3) is 21.9. The fraction of sp³-hybridized carbons (Fsp3) is 0.125. The summed E-state index contributed by atoms with van der Waals surface area (Å²) < 4.78 is 47.3. The van der Waals surface area contributed by atoms with E-state index in [1.807, 2.05) is 38.1 Å². The molecule has 0 amide bonds. The number of methoxy groups -OCH3 is 1. The van der Waals surface area contributed by atoms with Crippen LogP contribution >= 0.6 is 47.8 Å². The van der Waals surface area contributed by atoms with E-state index in [4.69, 9.17) is 9.84 Å². The van der Waals surface area contributed by atoms with Gasteiger partial charge in [0.05, 0.1) is 7.11 Å². The number of benzene rings is 3. The van der Waals surface area contributed by atoms with Gasteiger partial charge in [-0.15, -0.1) is 0 Å². The van der Waals surface area contributed by atoms with Crippen molar-refractivity contribution in [3.8, 4) is 17.2 Å². The zero-order valence-corrected chi connectivity index (χ0v) is 29.3. The van der Waals surface area contributed by atoms with Crippen LogP contribution in [-0.2, 0) is 0 Å². The molecule has 0 saturated heterocycles. The number of phenols is 1. The van der Waals surface area contributed by atoms with Crippen LogP contribution in [0.4, 0.5) is 13.2 Å². The predicted octanol–water partition coefficient (Wildman–Crippen LogP) is 3.96. The Morgan fingerprint density at radius 1 is 0.686 bits per heavy atom. The Kier molecular flexibility index (Phi) is 31.1. The van der Waals surface area contributed by atoms with Gasteiger partial charge in [0, 0.05) is 13.4 Å². The molecular formula is C24H25Br4F3KO3-. The molecule has 3 nitrogen and oxygen atoms in total. The van der Waals surface area contributed by atoms with Crippen LogP contribution in [0.5, 0.6) is 17.2 Å². The maximum atomic E-state index is 12.2. The van der Waals surface area contributed by atoms with Gasteiger partial charge >= 0.3 is 63.5 Å². The van der Waals surface area contributed by atoms with Gasteiger partial charge in [-0.05, 0) is 72.8 Å². The minimum atomic E-state index is -2.47. The molecule has 190 valence electrons. The van der Waals surface area contributed by atoms with Gasteiger partial charge < -0.3 is 39.0 Å². The van der Waals surface area contributed by atoms with E-state index in [-0.39, 0.29) is 81.5 Å². The summed E-state index contributed by atoms with van der Waals surface area (Å²) in [6.45, 7) is 4.00. The molecule has 35 heavy (non-hydrogen) atoms. The van der Waals surface area contributed by atoms with Crippen molar-refractivity contribution in [1.82, 2.24) is 0 Å². The number of ether oxygens (including phenoxy) is 2. The van der Waals surface area contributed by atoms with Crippen LogP contribution in [0.25, 0.3) is 0 Å². The number of aromatic hydroxyl groups is 1. The Labute approximate surface area is 284 Å². The Hall–Kier alpha value is 0.146. The quantitative estimate of drug-likeness (QED) is 0.249. The van der Waals surface area contributed by atoms with E-state index in [2.05, 4.69) is 52.5 Å². The molecule has 0 aliphatic rings. The van der Waals surface area contributed by atoms with Crippen molar-refractivity contribution in [2.75, 3.05) is 7.11 Å². The van der Waals surface area contributed by atoms with Gasteiger partial charge in [0.25, 0.3) is 0 Å². The number of hydrogen-bond donors (Lipinski definition) is 1. The van der Waals surface area contributed by atoms with E-state index in [1.54, 1.807) is 43.5 Å². The van der Waals surface area contributed by atoms with E-state index in [1.165, 1.54) is 12.1 Å². The van der Waals surface area contributed by atoms with E-state index in [9.17, 15) is 13.2 Å². The first-order valence-corrected chi connectivity index (χ1v) is 11.5. The molecule has 0 aromatic heterocycles. The summed E-state index contributed by atoms with van der Waals surface area (Å²) in [7, 11) is 1.66. The summed E-state index contributed by atoms with van der Waals surface area (Å²) in [5.41, 5.74) is 0. The van der Waals surface area contributed by atoms with Crippen LogP contribution in [0, 0.1) is 7.43 Å². The number of phenolic OH excluding ortho intramolecular Hbond substituents is 1. The van der Waals surface area contributed by atoms with Crippen molar-refractivity contribution in [3.63, 3.8) is 0 Å². The van der Waals surface area contributed by atoms with E-state index >= 15 is 0 Å². The van der Waals surface area contributed by atoms with E-state index in [0.29, 0.717) is 5.75 Å². The number of hydrogen-bond acceptors (Lipinski definition) is 3. The Bertz CT molecular complexity index is 903. The SMILES string of the molecule is CC.COc1ccc(Br)cc1.FC(F)=C(F)Oc1ccc(Br)cc1.Oc1ccc(Br)cc1.[Br-].[CH3-].[K+]. The summed E-state index contributed by atoms with van der Waals surface area (Å²) in [4.78, 5) is 0. The van der Waals surface area contributed by atoms with Gasteiger partial charge in [0.15, 0.2) is 0 Å². The normalized spacial score (nSPS) is 8.14. The Morgan fingerprint density at radius 2 is 1.00 bits per heavy atom. The molecule has 0 aliphatic carbocycles. The molecule has 1 N–H and O–H groups in total. The molecule has 3 aromatic carbocycles. The zero-order valence-electron chi connectivity index (χ0n) is 19.8. The second kappa shape index (κ2) is 25.8. The zero-order chi connectivity index (χ0) is 24.5. The molecule has 0 atom stereocenters. The summed E-state index contributed by atoms with van der Waals surface area (Å²) in [5, 5.41) is 8.74. The molecule has 3 rings (SSSR count). The molecule has 0 fully saturated rings. The Morgan fingerprint density at radius 3 is 1.29 bits per heavy atom. The third-order valence-electron chi connectivity index (χ3n) is 3.05. The third-order valence-corrected chi connectivity index (χ3v) is 4.63. The molecule has 0 bridgehead atoms. The van der Waals surface area contributed by atoms with Crippen LogP contribution in [0.1, 0.15) is 13.8 Å². The standard InChI is InChI=1S/C8H4BrF3O.C7H7BrO.C6H5BrO.C2H6.CH3.BrH.K/c9-5-1-3-6(4-2-5)13-8(12)7(10)11;1-9-7-4-2-6(8)3-5-7;7-5-1-3-6(8)4-2-5;1-2;;;/h1-4H;2-5H,1H3;1-4,8H;1-2H3;1H3;1H;/q;;;;-1;;+1/p-1. The molecule has 0 heterocycles. The smallest absolute Gasteiger partial charge is 1.00 e. The molecular weight excluding hydrogens is 752 g/mol. The Balaban J connectivity index is -0.000000196. The minimum absolute atomic E-state index is 0. The molecule has 0 saturated carbocycles. The number of rotatable bonds is 3. The summed E-state index contributed by atoms with van der Waals surface area (Å²) >= 11 is 9.68. The average molecular weight is 777 g/mol. The molecule has 0 aliphatic heterocycles. The van der Waals surface area contributed by atoms with Crippen molar-refractivity contribution >= 4 is 47.8 Å². The van der Waals surface area contributed by atoms with E-state index in [0.717, 1.165) is 19.2 Å². The van der Waals surface area contributed by atoms with Gasteiger partial charge in [-0.3, -0.25) is 0 Å². The molecule has 0 unspecified atom stereocenters. The largest absolute Gasteiger partial charge is 1.00 e. The average Bonchev–Trinajstić information content (AvgIpc) is 2.80. The van der Waals surface area contributed by atoms with Crippen molar-refractivity contribution < 1.29 is 96.1 Å². The summed E-state index contributed by atoms with van der Waals surface area (Å²) in [5.74, 6) is 1.21. The molecule has 3 aromatic rings. The minimum Gasteiger partial charge on any atom is -1.00 e. The fourth-order valence-corrected chi connectivity index (χ4v) is 2.45. The second-order valence-corrected chi connectivity index (χ2v) is 7.97. The summed E-state index contributed by atoms with van der Waals surface area (Å²) in [6.07, 6.45) is -2.47. The molecule has 0 spiro atoms. The molecule has 11 heteroatoms. The van der Waals surface area contributed by atoms with Gasteiger partial charge in [-0.2, -0.15) is 13.2 Å². The molecule has 0 radical (unpaired) electrons. The van der Waals surface area contributed by atoms with Crippen molar-refractivity contribution in [2.24, 2.45) is 0 Å². The van der Waals surface area contributed by atoms with Gasteiger partial charge in [0.2, 0.25) is 0 Å². The fourth-order valence-electron chi connectivity index (χ4n) is 1.66. The first kappa shape index (κ1) is 42.2. The van der Waals surface area contributed by atoms with Gasteiger partial charge in [0.1, 0.15) is 17.2 Å². The monoisotopic (exact) mass is 773 g/mol. The topological polar surface area (TPSA) is 38.7 Å². The van der Waals surface area contributed by atoms with Gasteiger partial charge in [-0.25, -0.2) is 0 Å². The second-order valence-electron chi connectivity index (χ2n) is 5.22. The van der Waals surface area contributed by atoms with Crippen molar-refractivity contribution in [1.29, 1.82) is 0 Å². The maximum Gasteiger partial charge on any atom is 1.00 e. The van der Waals surface area contributed by atoms with Crippen LogP contribution in [0.15, 0.2) is 98.3 Å². The van der Waals surface area contributed by atoms with Crippen molar-refractivity contribution in [3.05, 3.63) is 106 Å². The summed E-state index contributed by atoms with van der Waals surface area (Å²) in [6, 6.07) is 18.5. The van der Waals surface area contributed by atoms with Crippen LogP contribution in [-0.4, -0.2) is 12.2 Å². The first-order valence-electron chi connectivity index (χ1n) is 9.09. The maximum absolute atomic E-state index is 12.2. The number of halogens is 7.